The Balaban J connectivity index is 1.53. The lowest BCUT2D eigenvalue weighted by Gasteiger charge is -2.21. The maximum Gasteiger partial charge on any atom is 0.307 e. The van der Waals surface area contributed by atoms with Crippen LogP contribution >= 0.6 is 0 Å². The Labute approximate surface area is 160 Å². The van der Waals surface area contributed by atoms with Crippen molar-refractivity contribution >= 4 is 17.6 Å². The highest BCUT2D eigenvalue weighted by molar-refractivity contribution is 5.92. The Bertz CT molecular complexity index is 660. The van der Waals surface area contributed by atoms with Gasteiger partial charge >= 0.3 is 5.97 Å². The molecule has 1 amide bonds. The molecule has 3 rings (SSSR count). The number of esters is 1. The van der Waals surface area contributed by atoms with Crippen LogP contribution < -0.4 is 14.8 Å². The zero-order valence-electron chi connectivity index (χ0n) is 15.9. The monoisotopic (exact) mass is 376 g/mol. The van der Waals surface area contributed by atoms with Crippen molar-refractivity contribution in [3.63, 3.8) is 0 Å². The summed E-state index contributed by atoms with van der Waals surface area (Å²) in [6, 6.07) is 5.43. The second kappa shape index (κ2) is 9.60. The molecule has 1 aliphatic heterocycles. The number of hydrogen-bond donors (Lipinski definition) is 1. The summed E-state index contributed by atoms with van der Waals surface area (Å²) >= 11 is 0. The van der Waals surface area contributed by atoms with Crippen LogP contribution in [0.1, 0.15) is 32.6 Å². The van der Waals surface area contributed by atoms with Crippen LogP contribution in [-0.2, 0) is 14.3 Å². The van der Waals surface area contributed by atoms with Crippen molar-refractivity contribution < 1.29 is 23.8 Å². The molecule has 1 heterocycles. The lowest BCUT2D eigenvalue weighted by atomic mass is 10.2. The summed E-state index contributed by atoms with van der Waals surface area (Å²) in [5.41, 5.74) is 0.681. The molecule has 1 aromatic rings. The number of benzene rings is 1. The van der Waals surface area contributed by atoms with Crippen LogP contribution in [0.4, 0.5) is 5.69 Å². The van der Waals surface area contributed by atoms with Crippen molar-refractivity contribution in [3.05, 3.63) is 18.2 Å². The highest BCUT2D eigenvalue weighted by Crippen LogP contribution is 2.32. The van der Waals surface area contributed by atoms with Crippen molar-refractivity contribution in [3.8, 4) is 11.5 Å². The zero-order chi connectivity index (χ0) is 19.1. The molecular weight excluding hydrogens is 348 g/mol. The Kier molecular flexibility index (Phi) is 6.92. The van der Waals surface area contributed by atoms with Crippen molar-refractivity contribution in [2.45, 2.75) is 32.6 Å². The van der Waals surface area contributed by atoms with E-state index in [1.54, 1.807) is 13.0 Å². The Hall–Kier alpha value is -2.28. The molecule has 0 spiro atoms. The van der Waals surface area contributed by atoms with Crippen LogP contribution in [-0.4, -0.2) is 56.2 Å². The average molecular weight is 376 g/mol. The van der Waals surface area contributed by atoms with Gasteiger partial charge < -0.3 is 19.5 Å². The molecule has 7 heteroatoms. The summed E-state index contributed by atoms with van der Waals surface area (Å²) in [5, 5.41) is 2.92. The fourth-order valence-corrected chi connectivity index (χ4v) is 3.03. The summed E-state index contributed by atoms with van der Waals surface area (Å²) in [7, 11) is 0. The van der Waals surface area contributed by atoms with Crippen LogP contribution in [0.15, 0.2) is 18.2 Å². The lowest BCUT2D eigenvalue weighted by molar-refractivity contribution is -0.143. The molecule has 1 N–H and O–H groups in total. The van der Waals surface area contributed by atoms with Gasteiger partial charge in [0, 0.05) is 31.3 Å². The number of carbonyl (C=O) groups excluding carboxylic acids is 2. The molecule has 148 valence electrons. The molecule has 1 saturated carbocycles. The van der Waals surface area contributed by atoms with E-state index in [-0.39, 0.29) is 18.4 Å². The van der Waals surface area contributed by atoms with Crippen LogP contribution in [0.3, 0.4) is 0 Å². The van der Waals surface area contributed by atoms with Gasteiger partial charge in [0.15, 0.2) is 11.5 Å². The standard InChI is InChI=1S/C20H28N2O5/c1-2-25-20(24)8-9-22(13-15-4-5-15)14-19(23)21-16-6-7-17-18(12-16)27-11-3-10-26-17/h6-7,12,15H,2-5,8-11,13-14H2,1H3,(H,21,23). The van der Waals surface area contributed by atoms with Gasteiger partial charge in [-0.25, -0.2) is 0 Å². The topological polar surface area (TPSA) is 77.1 Å². The number of nitrogens with one attached hydrogen (secondary N) is 1. The number of fused-ring (bicyclic) bond motifs is 1. The lowest BCUT2D eigenvalue weighted by Crippen LogP contribution is -2.36. The number of anilines is 1. The first kappa shape index (κ1) is 19.5. The first-order chi connectivity index (χ1) is 13.1. The molecule has 0 atom stereocenters. The van der Waals surface area contributed by atoms with Gasteiger partial charge in [-0.1, -0.05) is 0 Å². The van der Waals surface area contributed by atoms with E-state index in [2.05, 4.69) is 5.32 Å². The van der Waals surface area contributed by atoms with Crippen molar-refractivity contribution in [2.24, 2.45) is 5.92 Å². The third-order valence-electron chi connectivity index (χ3n) is 4.55. The molecule has 2 aliphatic rings. The van der Waals surface area contributed by atoms with E-state index in [1.165, 1.54) is 12.8 Å². The van der Waals surface area contributed by atoms with E-state index in [0.29, 0.717) is 55.9 Å². The number of rotatable bonds is 9. The highest BCUT2D eigenvalue weighted by Gasteiger charge is 2.25. The van der Waals surface area contributed by atoms with Crippen molar-refractivity contribution in [1.82, 2.24) is 4.90 Å². The molecule has 0 radical (unpaired) electrons. The van der Waals surface area contributed by atoms with Gasteiger partial charge in [-0.2, -0.15) is 0 Å². The summed E-state index contributed by atoms with van der Waals surface area (Å²) in [5.74, 6) is 1.67. The molecule has 1 aliphatic carbocycles. The molecule has 1 aromatic carbocycles. The Morgan fingerprint density at radius 3 is 2.74 bits per heavy atom. The Morgan fingerprint density at radius 2 is 2.00 bits per heavy atom. The third-order valence-corrected chi connectivity index (χ3v) is 4.55. The fraction of sp³-hybridized carbons (Fsp3) is 0.600. The van der Waals surface area contributed by atoms with Gasteiger partial charge in [0.05, 0.1) is 32.8 Å². The first-order valence-corrected chi connectivity index (χ1v) is 9.71. The largest absolute Gasteiger partial charge is 0.490 e. The normalized spacial score (nSPS) is 15.9. The molecule has 0 aromatic heterocycles. The molecule has 0 saturated heterocycles. The van der Waals surface area contributed by atoms with Gasteiger partial charge in [0.25, 0.3) is 0 Å². The molecule has 27 heavy (non-hydrogen) atoms. The average Bonchev–Trinajstić information content (AvgIpc) is 3.46. The van der Waals surface area contributed by atoms with Gasteiger partial charge in [-0.15, -0.1) is 0 Å². The van der Waals surface area contributed by atoms with E-state index in [9.17, 15) is 9.59 Å². The van der Waals surface area contributed by atoms with Gasteiger partial charge in [0.2, 0.25) is 5.91 Å². The molecule has 1 fully saturated rings. The minimum Gasteiger partial charge on any atom is -0.490 e. The van der Waals surface area contributed by atoms with Gasteiger partial charge in [-0.3, -0.25) is 14.5 Å². The van der Waals surface area contributed by atoms with Gasteiger partial charge in [-0.05, 0) is 37.8 Å². The van der Waals surface area contributed by atoms with Gasteiger partial charge in [0.1, 0.15) is 0 Å². The predicted octanol–water partition coefficient (Wildman–Crippen LogP) is 2.45. The fourth-order valence-electron chi connectivity index (χ4n) is 3.03. The smallest absolute Gasteiger partial charge is 0.307 e. The summed E-state index contributed by atoms with van der Waals surface area (Å²) in [4.78, 5) is 26.1. The molecule has 0 bridgehead atoms. The zero-order valence-corrected chi connectivity index (χ0v) is 15.9. The van der Waals surface area contributed by atoms with E-state index < -0.39 is 0 Å². The molecular formula is C20H28N2O5. The highest BCUT2D eigenvalue weighted by atomic mass is 16.5. The van der Waals surface area contributed by atoms with Crippen molar-refractivity contribution in [1.29, 1.82) is 0 Å². The third kappa shape index (κ3) is 6.43. The minimum absolute atomic E-state index is 0.103. The van der Waals surface area contributed by atoms with E-state index >= 15 is 0 Å². The van der Waals surface area contributed by atoms with Crippen LogP contribution in [0.2, 0.25) is 0 Å². The van der Waals surface area contributed by atoms with E-state index in [1.807, 2.05) is 17.0 Å². The second-order valence-electron chi connectivity index (χ2n) is 6.99. The summed E-state index contributed by atoms with van der Waals surface area (Å²) in [6.07, 6.45) is 3.53. The minimum atomic E-state index is -0.221. The van der Waals surface area contributed by atoms with Crippen LogP contribution in [0.25, 0.3) is 0 Å². The number of ether oxygens (including phenoxy) is 3. The maximum atomic E-state index is 12.5. The van der Waals surface area contributed by atoms with Crippen LogP contribution in [0.5, 0.6) is 11.5 Å². The van der Waals surface area contributed by atoms with Crippen molar-refractivity contribution in [2.75, 3.05) is 44.8 Å². The SMILES string of the molecule is CCOC(=O)CCN(CC(=O)Nc1ccc2c(c1)OCCCO2)CC1CC1. The predicted molar refractivity (Wildman–Crippen MR) is 101 cm³/mol. The molecule has 7 nitrogen and oxygen atoms in total. The second-order valence-corrected chi connectivity index (χ2v) is 6.99. The Morgan fingerprint density at radius 1 is 1.22 bits per heavy atom. The number of hydrogen-bond acceptors (Lipinski definition) is 6. The quantitative estimate of drug-likeness (QED) is 0.667. The van der Waals surface area contributed by atoms with Crippen LogP contribution in [0, 0.1) is 5.92 Å². The first-order valence-electron chi connectivity index (χ1n) is 9.71. The number of nitrogens with zero attached hydrogens (tertiary/aromatic N) is 1. The summed E-state index contributed by atoms with van der Waals surface area (Å²) < 4.78 is 16.3. The number of amides is 1. The van der Waals surface area contributed by atoms with E-state index in [4.69, 9.17) is 14.2 Å². The summed E-state index contributed by atoms with van der Waals surface area (Å²) in [6.45, 7) is 5.04. The van der Waals surface area contributed by atoms with E-state index in [0.717, 1.165) is 13.0 Å². The maximum absolute atomic E-state index is 12.5. The molecule has 0 unspecified atom stereocenters. The number of carbonyl (C=O) groups is 2.